The molecule has 7 heteroatoms. The molecule has 0 saturated heterocycles. The van der Waals surface area contributed by atoms with E-state index in [1.165, 1.54) is 17.4 Å². The number of nitrogens with zero attached hydrogens (tertiary/aromatic N) is 1. The standard InChI is InChI=1S/C14H17F2N3OS/c15-14(16,9-20-7-3-6-17)11-5-2-1-4-10(11)12-8-21-13(18)19-12/h1-2,4-5,8H,3,6-7,9,17H2,(H2,18,19). The van der Waals surface area contributed by atoms with Gasteiger partial charge in [0.15, 0.2) is 5.13 Å². The number of aromatic nitrogens is 1. The van der Waals surface area contributed by atoms with Gasteiger partial charge in [-0.2, -0.15) is 8.78 Å². The molecule has 4 N–H and O–H groups in total. The van der Waals surface area contributed by atoms with Gasteiger partial charge in [-0.05, 0) is 13.0 Å². The molecule has 1 aromatic carbocycles. The number of alkyl halides is 2. The van der Waals surface area contributed by atoms with Crippen LogP contribution in [0.1, 0.15) is 12.0 Å². The largest absolute Gasteiger partial charge is 0.375 e. The Morgan fingerprint density at radius 3 is 2.71 bits per heavy atom. The maximum Gasteiger partial charge on any atom is 0.296 e. The molecule has 0 aliphatic carbocycles. The summed E-state index contributed by atoms with van der Waals surface area (Å²) in [6.07, 6.45) is 0.556. The van der Waals surface area contributed by atoms with Crippen LogP contribution < -0.4 is 11.5 Å². The van der Waals surface area contributed by atoms with Crippen molar-refractivity contribution in [2.75, 3.05) is 25.5 Å². The minimum atomic E-state index is -3.09. The second kappa shape index (κ2) is 6.93. The molecule has 2 aromatic rings. The van der Waals surface area contributed by atoms with Crippen molar-refractivity contribution in [2.24, 2.45) is 5.73 Å². The Labute approximate surface area is 125 Å². The van der Waals surface area contributed by atoms with E-state index in [4.69, 9.17) is 16.2 Å². The van der Waals surface area contributed by atoms with Crippen LogP contribution in [0.5, 0.6) is 0 Å². The first-order chi connectivity index (χ1) is 10.0. The van der Waals surface area contributed by atoms with E-state index >= 15 is 0 Å². The number of nitrogens with two attached hydrogens (primary N) is 2. The first kappa shape index (κ1) is 15.8. The first-order valence-electron chi connectivity index (χ1n) is 6.51. The number of rotatable bonds is 7. The van der Waals surface area contributed by atoms with Crippen LogP contribution in [-0.2, 0) is 10.7 Å². The minimum Gasteiger partial charge on any atom is -0.375 e. The molecule has 1 aromatic heterocycles. The second-order valence-corrected chi connectivity index (χ2v) is 5.41. The Morgan fingerprint density at radius 2 is 2.05 bits per heavy atom. The lowest BCUT2D eigenvalue weighted by atomic mass is 10.00. The van der Waals surface area contributed by atoms with Gasteiger partial charge in [0.25, 0.3) is 5.92 Å². The molecule has 1 heterocycles. The van der Waals surface area contributed by atoms with Crippen molar-refractivity contribution in [1.82, 2.24) is 4.98 Å². The van der Waals surface area contributed by atoms with Crippen molar-refractivity contribution in [3.05, 3.63) is 35.2 Å². The summed E-state index contributed by atoms with van der Waals surface area (Å²) in [5.74, 6) is -3.09. The maximum absolute atomic E-state index is 14.3. The van der Waals surface area contributed by atoms with Gasteiger partial charge >= 0.3 is 0 Å². The zero-order chi connectivity index (χ0) is 15.3. The summed E-state index contributed by atoms with van der Waals surface area (Å²) in [4.78, 5) is 4.07. The number of halogens is 2. The normalized spacial score (nSPS) is 11.8. The number of anilines is 1. The zero-order valence-electron chi connectivity index (χ0n) is 11.4. The van der Waals surface area contributed by atoms with E-state index in [1.807, 2.05) is 0 Å². The predicted octanol–water partition coefficient (Wildman–Crippen LogP) is 2.85. The van der Waals surface area contributed by atoms with E-state index in [2.05, 4.69) is 4.98 Å². The summed E-state index contributed by atoms with van der Waals surface area (Å²) in [6.45, 7) is -0.0399. The topological polar surface area (TPSA) is 74.2 Å². The van der Waals surface area contributed by atoms with Gasteiger partial charge in [-0.25, -0.2) is 4.98 Å². The van der Waals surface area contributed by atoms with Gasteiger partial charge < -0.3 is 16.2 Å². The maximum atomic E-state index is 14.3. The smallest absolute Gasteiger partial charge is 0.296 e. The molecule has 21 heavy (non-hydrogen) atoms. The highest BCUT2D eigenvalue weighted by molar-refractivity contribution is 7.13. The molecular weight excluding hydrogens is 296 g/mol. The van der Waals surface area contributed by atoms with Crippen molar-refractivity contribution < 1.29 is 13.5 Å². The Kier molecular flexibility index (Phi) is 5.22. The Bertz CT molecular complexity index is 589. The fraction of sp³-hybridized carbons (Fsp3) is 0.357. The van der Waals surface area contributed by atoms with Crippen LogP contribution >= 0.6 is 11.3 Å². The molecule has 0 aliphatic heterocycles. The van der Waals surface area contributed by atoms with Crippen LogP contribution in [-0.4, -0.2) is 24.7 Å². The van der Waals surface area contributed by atoms with Crippen molar-refractivity contribution in [3.8, 4) is 11.3 Å². The van der Waals surface area contributed by atoms with E-state index in [-0.39, 0.29) is 12.2 Å². The summed E-state index contributed by atoms with van der Waals surface area (Å²) in [7, 11) is 0. The van der Waals surface area contributed by atoms with Gasteiger partial charge in [0, 0.05) is 23.1 Å². The third kappa shape index (κ3) is 3.96. The molecule has 0 bridgehead atoms. The van der Waals surface area contributed by atoms with Crippen LogP contribution in [0.3, 0.4) is 0 Å². The monoisotopic (exact) mass is 313 g/mol. The quantitative estimate of drug-likeness (QED) is 0.771. The number of hydrogen-bond donors (Lipinski definition) is 2. The van der Waals surface area contributed by atoms with Crippen LogP contribution in [0.2, 0.25) is 0 Å². The van der Waals surface area contributed by atoms with Gasteiger partial charge in [0.2, 0.25) is 0 Å². The fourth-order valence-electron chi connectivity index (χ4n) is 1.90. The average Bonchev–Trinajstić information content (AvgIpc) is 2.90. The summed E-state index contributed by atoms with van der Waals surface area (Å²) < 4.78 is 33.7. The number of ether oxygens (including phenoxy) is 1. The molecule has 0 fully saturated rings. The lowest BCUT2D eigenvalue weighted by Crippen LogP contribution is -2.23. The lowest BCUT2D eigenvalue weighted by Gasteiger charge is -2.19. The second-order valence-electron chi connectivity index (χ2n) is 4.52. The van der Waals surface area contributed by atoms with E-state index in [0.717, 1.165) is 0 Å². The Balaban J connectivity index is 2.22. The van der Waals surface area contributed by atoms with Gasteiger partial charge in [0.05, 0.1) is 5.69 Å². The third-order valence-corrected chi connectivity index (χ3v) is 3.57. The molecule has 0 saturated carbocycles. The van der Waals surface area contributed by atoms with Crippen molar-refractivity contribution in [1.29, 1.82) is 0 Å². The van der Waals surface area contributed by atoms with E-state index in [9.17, 15) is 8.78 Å². The fourth-order valence-corrected chi connectivity index (χ4v) is 2.46. The first-order valence-corrected chi connectivity index (χ1v) is 7.39. The number of benzene rings is 1. The van der Waals surface area contributed by atoms with Crippen molar-refractivity contribution >= 4 is 16.5 Å². The average molecular weight is 313 g/mol. The van der Waals surface area contributed by atoms with Crippen molar-refractivity contribution in [3.63, 3.8) is 0 Å². The molecule has 0 spiro atoms. The van der Waals surface area contributed by atoms with E-state index < -0.39 is 12.5 Å². The lowest BCUT2D eigenvalue weighted by molar-refractivity contribution is -0.0822. The molecule has 0 atom stereocenters. The van der Waals surface area contributed by atoms with Gasteiger partial charge in [-0.15, -0.1) is 11.3 Å². The summed E-state index contributed by atoms with van der Waals surface area (Å²) in [5, 5.41) is 2.02. The molecule has 2 rings (SSSR count). The third-order valence-electron chi connectivity index (χ3n) is 2.90. The predicted molar refractivity (Wildman–Crippen MR) is 80.3 cm³/mol. The zero-order valence-corrected chi connectivity index (χ0v) is 12.2. The Hall–Kier alpha value is -1.57. The van der Waals surface area contributed by atoms with Gasteiger partial charge in [-0.1, -0.05) is 24.3 Å². The Morgan fingerprint density at radius 1 is 1.29 bits per heavy atom. The summed E-state index contributed by atoms with van der Waals surface area (Å²) in [5.41, 5.74) is 11.6. The molecular formula is C14H17F2N3OS. The van der Waals surface area contributed by atoms with Crippen molar-refractivity contribution in [2.45, 2.75) is 12.3 Å². The number of hydrogen-bond acceptors (Lipinski definition) is 5. The molecule has 114 valence electrons. The number of thiazole rings is 1. The molecule has 0 aliphatic rings. The molecule has 4 nitrogen and oxygen atoms in total. The van der Waals surface area contributed by atoms with Crippen LogP contribution in [0.4, 0.5) is 13.9 Å². The SMILES string of the molecule is NCCCOCC(F)(F)c1ccccc1-c1csc(N)n1. The van der Waals surface area contributed by atoms with E-state index in [1.54, 1.807) is 23.6 Å². The van der Waals surface area contributed by atoms with Gasteiger partial charge in [-0.3, -0.25) is 0 Å². The number of nitrogen functional groups attached to an aromatic ring is 1. The van der Waals surface area contributed by atoms with Crippen LogP contribution in [0.25, 0.3) is 11.3 Å². The molecule has 0 radical (unpaired) electrons. The highest BCUT2D eigenvalue weighted by Gasteiger charge is 2.34. The molecule has 0 amide bonds. The van der Waals surface area contributed by atoms with Crippen LogP contribution in [0.15, 0.2) is 29.6 Å². The molecule has 0 unspecified atom stereocenters. The summed E-state index contributed by atoms with van der Waals surface area (Å²) >= 11 is 1.22. The summed E-state index contributed by atoms with van der Waals surface area (Å²) in [6, 6.07) is 6.26. The minimum absolute atomic E-state index is 0.108. The highest BCUT2D eigenvalue weighted by Crippen LogP contribution is 2.36. The van der Waals surface area contributed by atoms with Crippen LogP contribution in [0, 0.1) is 0 Å². The van der Waals surface area contributed by atoms with Gasteiger partial charge in [0.1, 0.15) is 6.61 Å². The highest BCUT2D eigenvalue weighted by atomic mass is 32.1. The van der Waals surface area contributed by atoms with E-state index in [0.29, 0.717) is 29.4 Å².